The summed E-state index contributed by atoms with van der Waals surface area (Å²) in [6.45, 7) is 0.617. The van der Waals surface area contributed by atoms with Crippen molar-refractivity contribution in [1.82, 2.24) is 0 Å². The smallest absolute Gasteiger partial charge is 0.128 e. The Labute approximate surface area is 85.6 Å². The summed E-state index contributed by atoms with van der Waals surface area (Å²) in [5.41, 5.74) is 0.603. The number of ether oxygens (including phenoxy) is 1. The number of rotatable bonds is 0. The Morgan fingerprint density at radius 1 is 1.29 bits per heavy atom. The minimum absolute atomic E-state index is 0.231. The fourth-order valence-electron chi connectivity index (χ4n) is 1.65. The highest BCUT2D eigenvalue weighted by Gasteiger charge is 2.23. The summed E-state index contributed by atoms with van der Waals surface area (Å²) in [5, 5.41) is -0.594. The van der Waals surface area contributed by atoms with Crippen LogP contribution in [0.4, 0.5) is 8.78 Å². The molecule has 0 spiro atoms. The monoisotopic (exact) mass is 218 g/mol. The summed E-state index contributed by atoms with van der Waals surface area (Å²) in [4.78, 5) is 0. The van der Waals surface area contributed by atoms with E-state index >= 15 is 0 Å². The van der Waals surface area contributed by atoms with E-state index in [0.717, 1.165) is 12.1 Å². The first-order valence-electron chi connectivity index (χ1n) is 4.38. The van der Waals surface area contributed by atoms with Crippen molar-refractivity contribution in [3.05, 3.63) is 34.9 Å². The molecule has 0 saturated carbocycles. The molecule has 0 radical (unpaired) electrons. The lowest BCUT2D eigenvalue weighted by molar-refractivity contribution is 0.143. The number of fused-ring (bicyclic) bond motifs is 1. The molecule has 1 unspecified atom stereocenters. The molecule has 0 saturated heterocycles. The zero-order valence-electron chi connectivity index (χ0n) is 7.40. The lowest BCUT2D eigenvalue weighted by Gasteiger charge is -2.11. The van der Waals surface area contributed by atoms with Crippen molar-refractivity contribution < 1.29 is 13.5 Å². The third-order valence-electron chi connectivity index (χ3n) is 2.32. The number of alkyl halides is 1. The fourth-order valence-corrected chi connectivity index (χ4v) is 1.97. The zero-order valence-corrected chi connectivity index (χ0v) is 8.15. The van der Waals surface area contributed by atoms with Gasteiger partial charge in [-0.05, 0) is 24.1 Å². The first kappa shape index (κ1) is 9.87. The van der Waals surface area contributed by atoms with E-state index < -0.39 is 17.0 Å². The SMILES string of the molecule is Fc1ccc(F)c2c1CCOCC2Cl. The molecule has 1 heterocycles. The van der Waals surface area contributed by atoms with Gasteiger partial charge < -0.3 is 4.74 Å². The van der Waals surface area contributed by atoms with E-state index in [1.807, 2.05) is 0 Å². The maximum atomic E-state index is 13.4. The van der Waals surface area contributed by atoms with Gasteiger partial charge in [0.25, 0.3) is 0 Å². The topological polar surface area (TPSA) is 9.23 Å². The highest BCUT2D eigenvalue weighted by Crippen LogP contribution is 2.31. The molecule has 0 aromatic heterocycles. The first-order valence-corrected chi connectivity index (χ1v) is 4.82. The van der Waals surface area contributed by atoms with Crippen LogP contribution in [0.5, 0.6) is 0 Å². The Kier molecular flexibility index (Phi) is 2.70. The molecule has 0 bridgehead atoms. The van der Waals surface area contributed by atoms with Crippen LogP contribution in [0, 0.1) is 11.6 Å². The van der Waals surface area contributed by atoms with Crippen LogP contribution in [0.3, 0.4) is 0 Å². The highest BCUT2D eigenvalue weighted by molar-refractivity contribution is 6.21. The summed E-state index contributed by atoms with van der Waals surface area (Å²) >= 11 is 5.90. The van der Waals surface area contributed by atoms with E-state index in [1.165, 1.54) is 0 Å². The predicted molar refractivity (Wildman–Crippen MR) is 49.5 cm³/mol. The van der Waals surface area contributed by atoms with Gasteiger partial charge in [0.2, 0.25) is 0 Å². The van der Waals surface area contributed by atoms with Gasteiger partial charge in [-0.1, -0.05) is 0 Å². The fraction of sp³-hybridized carbons (Fsp3) is 0.400. The van der Waals surface area contributed by atoms with Gasteiger partial charge in [-0.2, -0.15) is 0 Å². The summed E-state index contributed by atoms with van der Waals surface area (Å²) in [7, 11) is 0. The second-order valence-electron chi connectivity index (χ2n) is 3.21. The van der Waals surface area contributed by atoms with Crippen molar-refractivity contribution >= 4 is 11.6 Å². The van der Waals surface area contributed by atoms with Crippen LogP contribution in [-0.4, -0.2) is 13.2 Å². The second-order valence-corrected chi connectivity index (χ2v) is 3.74. The summed E-state index contributed by atoms with van der Waals surface area (Å²) in [6.07, 6.45) is 0.377. The van der Waals surface area contributed by atoms with Gasteiger partial charge in [-0.15, -0.1) is 11.6 Å². The third-order valence-corrected chi connectivity index (χ3v) is 2.66. The van der Waals surface area contributed by atoms with Crippen molar-refractivity contribution in [2.45, 2.75) is 11.8 Å². The molecule has 14 heavy (non-hydrogen) atoms. The maximum Gasteiger partial charge on any atom is 0.128 e. The molecular formula is C10H9ClF2O. The molecule has 0 fully saturated rings. The van der Waals surface area contributed by atoms with Crippen molar-refractivity contribution in [3.8, 4) is 0 Å². The van der Waals surface area contributed by atoms with Gasteiger partial charge in [0.05, 0.1) is 18.6 Å². The van der Waals surface area contributed by atoms with Gasteiger partial charge in [0.1, 0.15) is 11.6 Å². The third kappa shape index (κ3) is 1.62. The maximum absolute atomic E-state index is 13.4. The Bertz CT molecular complexity index is 354. The average Bonchev–Trinajstić information content (AvgIpc) is 2.35. The van der Waals surface area contributed by atoms with Crippen LogP contribution >= 0.6 is 11.6 Å². The highest BCUT2D eigenvalue weighted by atomic mass is 35.5. The molecule has 0 aliphatic carbocycles. The largest absolute Gasteiger partial charge is 0.379 e. The number of benzene rings is 1. The number of halogens is 3. The normalized spacial score (nSPS) is 21.5. The summed E-state index contributed by atoms with van der Waals surface area (Å²) < 4.78 is 31.8. The Morgan fingerprint density at radius 3 is 2.79 bits per heavy atom. The van der Waals surface area contributed by atoms with Gasteiger partial charge in [-0.25, -0.2) is 8.78 Å². The van der Waals surface area contributed by atoms with E-state index in [1.54, 1.807) is 0 Å². The van der Waals surface area contributed by atoms with E-state index in [0.29, 0.717) is 18.6 Å². The van der Waals surface area contributed by atoms with Crippen LogP contribution in [0.25, 0.3) is 0 Å². The van der Waals surface area contributed by atoms with Crippen LogP contribution in [0.2, 0.25) is 0 Å². The van der Waals surface area contributed by atoms with Gasteiger partial charge >= 0.3 is 0 Å². The molecule has 0 amide bonds. The number of hydrogen-bond donors (Lipinski definition) is 0. The Balaban J connectivity index is 2.57. The van der Waals surface area contributed by atoms with Crippen LogP contribution < -0.4 is 0 Å². The van der Waals surface area contributed by atoms with Crippen LogP contribution in [-0.2, 0) is 11.2 Å². The van der Waals surface area contributed by atoms with Crippen molar-refractivity contribution in [1.29, 1.82) is 0 Å². The lowest BCUT2D eigenvalue weighted by atomic mass is 10.0. The average molecular weight is 219 g/mol. The molecule has 1 aliphatic heterocycles. The minimum Gasteiger partial charge on any atom is -0.379 e. The quantitative estimate of drug-likeness (QED) is 0.609. The number of hydrogen-bond acceptors (Lipinski definition) is 1. The second kappa shape index (κ2) is 3.83. The van der Waals surface area contributed by atoms with Crippen molar-refractivity contribution in [3.63, 3.8) is 0 Å². The lowest BCUT2D eigenvalue weighted by Crippen LogP contribution is -2.03. The molecule has 4 heteroatoms. The first-order chi connectivity index (χ1) is 6.70. The Morgan fingerprint density at radius 2 is 2.00 bits per heavy atom. The molecule has 2 rings (SSSR count). The molecule has 1 aromatic rings. The zero-order chi connectivity index (χ0) is 10.1. The summed E-state index contributed by atoms with van der Waals surface area (Å²) in [5.74, 6) is -0.857. The van der Waals surface area contributed by atoms with E-state index in [2.05, 4.69) is 0 Å². The summed E-state index contributed by atoms with van der Waals surface area (Å²) in [6, 6.07) is 2.23. The van der Waals surface area contributed by atoms with Gasteiger partial charge in [0.15, 0.2) is 0 Å². The van der Waals surface area contributed by atoms with E-state index in [9.17, 15) is 8.78 Å². The van der Waals surface area contributed by atoms with E-state index in [-0.39, 0.29) is 12.2 Å². The van der Waals surface area contributed by atoms with Crippen molar-refractivity contribution in [2.75, 3.05) is 13.2 Å². The molecule has 1 aliphatic rings. The molecule has 1 aromatic carbocycles. The molecular weight excluding hydrogens is 210 g/mol. The van der Waals surface area contributed by atoms with Crippen LogP contribution in [0.1, 0.15) is 16.5 Å². The molecule has 76 valence electrons. The van der Waals surface area contributed by atoms with E-state index in [4.69, 9.17) is 16.3 Å². The standard InChI is InChI=1S/C10H9ClF2O/c11-7-5-14-4-3-6-8(12)1-2-9(13)10(6)7/h1-2,7H,3-5H2. The predicted octanol–water partition coefficient (Wildman–Crippen LogP) is 2.82. The molecule has 1 atom stereocenters. The van der Waals surface area contributed by atoms with Crippen LogP contribution in [0.15, 0.2) is 12.1 Å². The molecule has 0 N–H and O–H groups in total. The minimum atomic E-state index is -0.594. The van der Waals surface area contributed by atoms with Gasteiger partial charge in [0, 0.05) is 5.56 Å². The van der Waals surface area contributed by atoms with Crippen molar-refractivity contribution in [2.24, 2.45) is 0 Å². The Hall–Kier alpha value is -0.670. The molecule has 1 nitrogen and oxygen atoms in total. The van der Waals surface area contributed by atoms with Gasteiger partial charge in [-0.3, -0.25) is 0 Å².